The first-order valence-corrected chi connectivity index (χ1v) is 11.2. The number of hydrogen-bond donors (Lipinski definition) is 0. The highest BCUT2D eigenvalue weighted by Gasteiger charge is 2.20. The van der Waals surface area contributed by atoms with Gasteiger partial charge in [-0.05, 0) is 63.6 Å². The zero-order valence-electron chi connectivity index (χ0n) is 19.2. The summed E-state index contributed by atoms with van der Waals surface area (Å²) in [7, 11) is 0. The first-order chi connectivity index (χ1) is 14.5. The molecule has 0 saturated heterocycles. The van der Waals surface area contributed by atoms with Crippen LogP contribution in [-0.4, -0.2) is 46.8 Å². The first kappa shape index (κ1) is 22.3. The Kier molecular flexibility index (Phi) is 7.16. The molecule has 0 bridgehead atoms. The van der Waals surface area contributed by atoms with Crippen LogP contribution < -0.4 is 10.3 Å². The smallest absolute Gasteiger partial charge is 0.260 e. The molecule has 162 valence electrons. The Morgan fingerprint density at radius 2 is 1.43 bits per heavy atom. The van der Waals surface area contributed by atoms with Gasteiger partial charge in [0.25, 0.3) is 5.56 Å². The van der Waals surface area contributed by atoms with Crippen molar-refractivity contribution < 1.29 is 4.74 Å². The predicted molar refractivity (Wildman–Crippen MR) is 126 cm³/mol. The van der Waals surface area contributed by atoms with Crippen molar-refractivity contribution in [3.8, 4) is 5.75 Å². The number of ether oxygens (including phenoxy) is 1. The van der Waals surface area contributed by atoms with Crippen molar-refractivity contribution in [2.75, 3.05) is 26.2 Å². The number of rotatable bonds is 9. The summed E-state index contributed by atoms with van der Waals surface area (Å²) in [5.74, 6) is 0.789. The lowest BCUT2D eigenvalue weighted by atomic mass is 10.1. The van der Waals surface area contributed by atoms with Gasteiger partial charge in [-0.25, -0.2) is 0 Å². The van der Waals surface area contributed by atoms with E-state index in [1.54, 1.807) is 0 Å². The van der Waals surface area contributed by atoms with Crippen LogP contribution in [0.3, 0.4) is 0 Å². The van der Waals surface area contributed by atoms with E-state index in [0.29, 0.717) is 0 Å². The molecule has 1 heterocycles. The molecule has 0 spiro atoms. The van der Waals surface area contributed by atoms with Crippen LogP contribution in [0.15, 0.2) is 47.3 Å². The monoisotopic (exact) mass is 409 g/mol. The summed E-state index contributed by atoms with van der Waals surface area (Å²) in [6.07, 6.45) is -0.0756. The van der Waals surface area contributed by atoms with Gasteiger partial charge in [-0.2, -0.15) is 0 Å². The maximum absolute atomic E-state index is 13.5. The van der Waals surface area contributed by atoms with Crippen LogP contribution >= 0.6 is 0 Å². The molecular formula is C25H35N3O2. The van der Waals surface area contributed by atoms with Gasteiger partial charge in [0, 0.05) is 16.8 Å². The number of nitrogens with zero attached hydrogens (tertiary/aromatic N) is 3. The molecule has 0 amide bonds. The molecule has 3 aromatic rings. The summed E-state index contributed by atoms with van der Waals surface area (Å²) < 4.78 is 8.19. The second-order valence-corrected chi connectivity index (χ2v) is 7.69. The molecule has 0 radical (unpaired) electrons. The van der Waals surface area contributed by atoms with E-state index < -0.39 is 0 Å². The van der Waals surface area contributed by atoms with Crippen LogP contribution in [0.25, 0.3) is 21.7 Å². The molecule has 0 aliphatic heterocycles. The Morgan fingerprint density at radius 3 is 2.03 bits per heavy atom. The van der Waals surface area contributed by atoms with Crippen molar-refractivity contribution in [3.05, 3.63) is 52.8 Å². The van der Waals surface area contributed by atoms with Crippen molar-refractivity contribution in [2.24, 2.45) is 0 Å². The highest BCUT2D eigenvalue weighted by atomic mass is 16.5. The van der Waals surface area contributed by atoms with Gasteiger partial charge in [-0.3, -0.25) is 19.2 Å². The van der Waals surface area contributed by atoms with E-state index in [1.807, 2.05) is 41.0 Å². The molecule has 2 atom stereocenters. The molecule has 3 rings (SSSR count). The number of hydrogen-bond acceptors (Lipinski definition) is 4. The van der Waals surface area contributed by atoms with Crippen molar-refractivity contribution in [1.82, 2.24) is 14.4 Å². The Labute approximate surface area is 179 Å². The van der Waals surface area contributed by atoms with E-state index in [4.69, 9.17) is 4.74 Å². The van der Waals surface area contributed by atoms with E-state index in [1.165, 1.54) is 0 Å². The number of fused-ring (bicyclic) bond motifs is 3. The summed E-state index contributed by atoms with van der Waals surface area (Å²) >= 11 is 0. The molecule has 0 N–H and O–H groups in total. The van der Waals surface area contributed by atoms with Gasteiger partial charge in [0.15, 0.2) is 0 Å². The first-order valence-electron chi connectivity index (χ1n) is 11.2. The third-order valence-corrected chi connectivity index (χ3v) is 6.24. The van der Waals surface area contributed by atoms with E-state index in [0.717, 1.165) is 53.6 Å². The average Bonchev–Trinajstić information content (AvgIpc) is 2.75. The number of pyridine rings is 1. The van der Waals surface area contributed by atoms with Crippen molar-refractivity contribution in [3.63, 3.8) is 0 Å². The molecule has 0 fully saturated rings. The summed E-state index contributed by atoms with van der Waals surface area (Å²) in [6.45, 7) is 16.3. The van der Waals surface area contributed by atoms with Gasteiger partial charge in [0.1, 0.15) is 12.0 Å². The largest absolute Gasteiger partial charge is 0.475 e. The fourth-order valence-electron chi connectivity index (χ4n) is 4.45. The van der Waals surface area contributed by atoms with Gasteiger partial charge in [0.2, 0.25) is 0 Å². The highest BCUT2D eigenvalue weighted by Crippen LogP contribution is 2.29. The summed E-state index contributed by atoms with van der Waals surface area (Å²) in [6, 6.07) is 14.0. The molecule has 0 saturated carbocycles. The van der Waals surface area contributed by atoms with Crippen LogP contribution in [0.2, 0.25) is 0 Å². The highest BCUT2D eigenvalue weighted by molar-refractivity contribution is 6.05. The third kappa shape index (κ3) is 4.09. The van der Waals surface area contributed by atoms with Crippen LogP contribution in [0, 0.1) is 0 Å². The topological polar surface area (TPSA) is 37.7 Å². The van der Waals surface area contributed by atoms with Gasteiger partial charge < -0.3 is 4.74 Å². The summed E-state index contributed by atoms with van der Waals surface area (Å²) in [5.41, 5.74) is 0.966. The minimum absolute atomic E-state index is 0.0294. The standard InChI is InChI=1S/C25H35N3O2/c1-7-26(8-2)18(5)28-24-17-20(30-19(6)27(9-3)10-4)15-16-22(24)21-13-11-12-14-23(21)25(28)29/h11-19H,7-10H2,1-6H3. The Bertz CT molecular complexity index is 1050. The minimum Gasteiger partial charge on any atom is -0.475 e. The number of aromatic nitrogens is 1. The van der Waals surface area contributed by atoms with E-state index in [9.17, 15) is 4.79 Å². The molecule has 5 heteroatoms. The van der Waals surface area contributed by atoms with Gasteiger partial charge in [-0.15, -0.1) is 0 Å². The third-order valence-electron chi connectivity index (χ3n) is 6.24. The molecule has 5 nitrogen and oxygen atoms in total. The fraction of sp³-hybridized carbons (Fsp3) is 0.480. The summed E-state index contributed by atoms with van der Waals surface area (Å²) in [4.78, 5) is 18.1. The summed E-state index contributed by atoms with van der Waals surface area (Å²) in [5, 5.41) is 2.82. The lowest BCUT2D eigenvalue weighted by Crippen LogP contribution is -2.37. The number of benzene rings is 2. The molecule has 2 unspecified atom stereocenters. The SMILES string of the molecule is CCN(CC)C(C)Oc1ccc2c3ccccc3c(=O)n(C(C)N(CC)CC)c2c1. The van der Waals surface area contributed by atoms with Crippen molar-refractivity contribution >= 4 is 21.7 Å². The zero-order chi connectivity index (χ0) is 21.8. The van der Waals surface area contributed by atoms with Crippen LogP contribution in [0.4, 0.5) is 0 Å². The second-order valence-electron chi connectivity index (χ2n) is 7.69. The molecule has 2 aromatic carbocycles. The molecule has 1 aromatic heterocycles. The van der Waals surface area contributed by atoms with E-state index >= 15 is 0 Å². The van der Waals surface area contributed by atoms with Gasteiger partial charge in [0.05, 0.1) is 11.7 Å². The molecule has 0 aliphatic rings. The Balaban J connectivity index is 2.22. The van der Waals surface area contributed by atoms with Crippen LogP contribution in [-0.2, 0) is 0 Å². The quantitative estimate of drug-likeness (QED) is 0.365. The maximum atomic E-state index is 13.5. The average molecular weight is 410 g/mol. The Hall–Kier alpha value is -2.37. The van der Waals surface area contributed by atoms with Gasteiger partial charge in [-0.1, -0.05) is 45.9 Å². The van der Waals surface area contributed by atoms with Crippen LogP contribution in [0.1, 0.15) is 47.7 Å². The van der Waals surface area contributed by atoms with E-state index in [-0.39, 0.29) is 18.0 Å². The molecular weight excluding hydrogens is 374 g/mol. The minimum atomic E-state index is -0.0462. The predicted octanol–water partition coefficient (Wildman–Crippen LogP) is 5.08. The normalized spacial score (nSPS) is 14.0. The van der Waals surface area contributed by atoms with Crippen LogP contribution in [0.5, 0.6) is 5.75 Å². The fourth-order valence-corrected chi connectivity index (χ4v) is 4.45. The van der Waals surface area contributed by atoms with Crippen molar-refractivity contribution in [1.29, 1.82) is 0 Å². The maximum Gasteiger partial charge on any atom is 0.260 e. The Morgan fingerprint density at radius 1 is 0.833 bits per heavy atom. The molecule has 0 aliphatic carbocycles. The van der Waals surface area contributed by atoms with Gasteiger partial charge >= 0.3 is 0 Å². The lowest BCUT2D eigenvalue weighted by molar-refractivity contribution is 0.0481. The zero-order valence-corrected chi connectivity index (χ0v) is 19.2. The van der Waals surface area contributed by atoms with Crippen molar-refractivity contribution in [2.45, 2.75) is 53.9 Å². The molecule has 30 heavy (non-hydrogen) atoms. The van der Waals surface area contributed by atoms with E-state index in [2.05, 4.69) is 57.4 Å². The lowest BCUT2D eigenvalue weighted by Gasteiger charge is -2.30. The second kappa shape index (κ2) is 9.63.